The summed E-state index contributed by atoms with van der Waals surface area (Å²) < 4.78 is 8.03. The molecule has 0 spiro atoms. The predicted octanol–water partition coefficient (Wildman–Crippen LogP) is 3.37. The van der Waals surface area contributed by atoms with Gasteiger partial charge in [-0.3, -0.25) is 4.40 Å². The van der Waals surface area contributed by atoms with E-state index in [1.165, 1.54) is 4.40 Å². The van der Waals surface area contributed by atoms with E-state index in [0.29, 0.717) is 5.65 Å². The lowest BCUT2D eigenvalue weighted by molar-refractivity contribution is 0.0683. The summed E-state index contributed by atoms with van der Waals surface area (Å²) in [6.45, 7) is 0.254. The van der Waals surface area contributed by atoms with E-state index in [9.17, 15) is 9.90 Å². The molecule has 3 aromatic rings. The Morgan fingerprint density at radius 3 is 2.90 bits per heavy atom. The summed E-state index contributed by atoms with van der Waals surface area (Å²) in [4.78, 5) is 15.6. The van der Waals surface area contributed by atoms with Crippen LogP contribution >= 0.6 is 15.9 Å². The van der Waals surface area contributed by atoms with E-state index in [1.807, 2.05) is 24.3 Å². The molecule has 106 valence electrons. The van der Waals surface area contributed by atoms with Crippen LogP contribution in [0.1, 0.15) is 16.1 Å². The minimum Gasteiger partial charge on any atom is -0.476 e. The van der Waals surface area contributed by atoms with Gasteiger partial charge < -0.3 is 9.84 Å². The molecule has 5 nitrogen and oxygen atoms in total. The van der Waals surface area contributed by atoms with Gasteiger partial charge in [0, 0.05) is 10.7 Å². The van der Waals surface area contributed by atoms with Gasteiger partial charge in [0.15, 0.2) is 5.69 Å². The number of halogens is 1. The summed E-state index contributed by atoms with van der Waals surface area (Å²) in [6, 6.07) is 12.9. The van der Waals surface area contributed by atoms with Gasteiger partial charge in [-0.15, -0.1) is 0 Å². The minimum atomic E-state index is -1.07. The van der Waals surface area contributed by atoms with Crippen LogP contribution in [0, 0.1) is 0 Å². The van der Waals surface area contributed by atoms with Gasteiger partial charge in [-0.1, -0.05) is 34.1 Å². The minimum absolute atomic E-state index is 0.0283. The molecule has 0 radical (unpaired) electrons. The number of ether oxygens (including phenoxy) is 1. The van der Waals surface area contributed by atoms with Crippen molar-refractivity contribution in [2.45, 2.75) is 6.61 Å². The highest BCUT2D eigenvalue weighted by molar-refractivity contribution is 9.10. The zero-order chi connectivity index (χ0) is 14.8. The highest BCUT2D eigenvalue weighted by Gasteiger charge is 2.19. The van der Waals surface area contributed by atoms with Crippen LogP contribution in [0.25, 0.3) is 5.65 Å². The number of carboxylic acids is 1. The van der Waals surface area contributed by atoms with Crippen LogP contribution in [0.3, 0.4) is 0 Å². The summed E-state index contributed by atoms with van der Waals surface area (Å²) in [5, 5.41) is 9.35. The smallest absolute Gasteiger partial charge is 0.358 e. The number of carbonyl (C=O) groups is 1. The Bertz CT molecular complexity index is 814. The van der Waals surface area contributed by atoms with Crippen LogP contribution < -0.4 is 4.74 Å². The maximum absolute atomic E-state index is 11.4. The number of aromatic carboxylic acids is 1. The fraction of sp³-hybridized carbons (Fsp3) is 0.0667. The molecular weight excluding hydrogens is 336 g/mol. The van der Waals surface area contributed by atoms with Crippen molar-refractivity contribution in [1.82, 2.24) is 9.38 Å². The predicted molar refractivity (Wildman–Crippen MR) is 80.6 cm³/mol. The number of imidazole rings is 1. The molecule has 0 aliphatic rings. The number of nitrogens with zero attached hydrogens (tertiary/aromatic N) is 2. The van der Waals surface area contributed by atoms with Crippen LogP contribution in [-0.4, -0.2) is 20.5 Å². The molecule has 3 rings (SSSR count). The summed E-state index contributed by atoms with van der Waals surface area (Å²) in [5.74, 6) is -0.952. The SMILES string of the molecule is O=C(O)c1c(OCc2cccc(Br)c2)nc2ccccn12. The number of aromatic nitrogens is 2. The monoisotopic (exact) mass is 346 g/mol. The first-order valence-electron chi connectivity index (χ1n) is 6.23. The highest BCUT2D eigenvalue weighted by Crippen LogP contribution is 2.21. The number of hydrogen-bond donors (Lipinski definition) is 1. The van der Waals surface area contributed by atoms with Gasteiger partial charge >= 0.3 is 5.97 Å². The number of hydrogen-bond acceptors (Lipinski definition) is 3. The van der Waals surface area contributed by atoms with Crippen molar-refractivity contribution in [2.24, 2.45) is 0 Å². The lowest BCUT2D eigenvalue weighted by Gasteiger charge is -2.05. The zero-order valence-electron chi connectivity index (χ0n) is 10.9. The molecule has 0 aliphatic heterocycles. The van der Waals surface area contributed by atoms with Crippen LogP contribution in [0.5, 0.6) is 5.88 Å². The Kier molecular flexibility index (Phi) is 3.62. The molecule has 0 bridgehead atoms. The fourth-order valence-electron chi connectivity index (χ4n) is 2.05. The molecule has 6 heteroatoms. The molecule has 0 fully saturated rings. The van der Waals surface area contributed by atoms with Gasteiger partial charge in [0.2, 0.25) is 5.88 Å². The van der Waals surface area contributed by atoms with Crippen molar-refractivity contribution < 1.29 is 14.6 Å². The van der Waals surface area contributed by atoms with Gasteiger partial charge in [0.05, 0.1) is 0 Å². The van der Waals surface area contributed by atoms with E-state index in [0.717, 1.165) is 10.0 Å². The summed E-state index contributed by atoms with van der Waals surface area (Å²) >= 11 is 3.38. The summed E-state index contributed by atoms with van der Waals surface area (Å²) in [6.07, 6.45) is 1.65. The second-order valence-corrected chi connectivity index (χ2v) is 5.33. The Hall–Kier alpha value is -2.34. The maximum Gasteiger partial charge on any atom is 0.358 e. The molecule has 0 saturated carbocycles. The molecule has 1 aromatic carbocycles. The first-order chi connectivity index (χ1) is 10.1. The molecule has 21 heavy (non-hydrogen) atoms. The lowest BCUT2D eigenvalue weighted by atomic mass is 10.2. The number of carboxylic acid groups (broad SMARTS) is 1. The third-order valence-corrected chi connectivity index (χ3v) is 3.46. The van der Waals surface area contributed by atoms with Crippen LogP contribution in [0.2, 0.25) is 0 Å². The number of fused-ring (bicyclic) bond motifs is 1. The van der Waals surface area contributed by atoms with Crippen molar-refractivity contribution in [1.29, 1.82) is 0 Å². The number of pyridine rings is 1. The Labute approximate surface area is 128 Å². The van der Waals surface area contributed by atoms with E-state index in [4.69, 9.17) is 4.74 Å². The average molecular weight is 347 g/mol. The van der Waals surface area contributed by atoms with Crippen molar-refractivity contribution in [3.63, 3.8) is 0 Å². The molecule has 2 aromatic heterocycles. The van der Waals surface area contributed by atoms with Gasteiger partial charge in [0.25, 0.3) is 0 Å². The zero-order valence-corrected chi connectivity index (χ0v) is 12.4. The normalized spacial score (nSPS) is 10.7. The first kappa shape index (κ1) is 13.6. The second kappa shape index (κ2) is 5.57. The lowest BCUT2D eigenvalue weighted by Crippen LogP contribution is -2.05. The Morgan fingerprint density at radius 1 is 1.29 bits per heavy atom. The van der Waals surface area contributed by atoms with E-state index >= 15 is 0 Å². The van der Waals surface area contributed by atoms with E-state index in [-0.39, 0.29) is 18.2 Å². The van der Waals surface area contributed by atoms with E-state index < -0.39 is 5.97 Å². The van der Waals surface area contributed by atoms with Crippen molar-refractivity contribution in [2.75, 3.05) is 0 Å². The molecule has 0 aliphatic carbocycles. The first-order valence-corrected chi connectivity index (χ1v) is 7.02. The van der Waals surface area contributed by atoms with Crippen LogP contribution in [-0.2, 0) is 6.61 Å². The van der Waals surface area contributed by atoms with E-state index in [2.05, 4.69) is 20.9 Å². The highest BCUT2D eigenvalue weighted by atomic mass is 79.9. The molecule has 0 atom stereocenters. The van der Waals surface area contributed by atoms with Crippen LogP contribution in [0.4, 0.5) is 0 Å². The largest absolute Gasteiger partial charge is 0.476 e. The van der Waals surface area contributed by atoms with Gasteiger partial charge in [-0.05, 0) is 29.8 Å². The Balaban J connectivity index is 1.93. The van der Waals surface area contributed by atoms with Gasteiger partial charge in [-0.2, -0.15) is 4.98 Å². The van der Waals surface area contributed by atoms with Gasteiger partial charge in [-0.25, -0.2) is 4.79 Å². The Morgan fingerprint density at radius 2 is 2.14 bits per heavy atom. The quantitative estimate of drug-likeness (QED) is 0.786. The number of benzene rings is 1. The third-order valence-electron chi connectivity index (χ3n) is 2.97. The summed E-state index contributed by atoms with van der Waals surface area (Å²) in [5.41, 5.74) is 1.50. The van der Waals surface area contributed by atoms with Crippen molar-refractivity contribution in [3.8, 4) is 5.88 Å². The molecule has 0 saturated heterocycles. The molecule has 2 heterocycles. The van der Waals surface area contributed by atoms with E-state index in [1.54, 1.807) is 24.4 Å². The summed E-state index contributed by atoms with van der Waals surface area (Å²) in [7, 11) is 0. The number of rotatable bonds is 4. The second-order valence-electron chi connectivity index (χ2n) is 4.42. The molecule has 0 amide bonds. The molecule has 0 unspecified atom stereocenters. The van der Waals surface area contributed by atoms with Gasteiger partial charge in [0.1, 0.15) is 12.3 Å². The maximum atomic E-state index is 11.4. The topological polar surface area (TPSA) is 63.8 Å². The molecular formula is C15H11BrN2O3. The third kappa shape index (κ3) is 2.75. The van der Waals surface area contributed by atoms with Crippen LogP contribution in [0.15, 0.2) is 53.1 Å². The average Bonchev–Trinajstić information content (AvgIpc) is 2.83. The standard InChI is InChI=1S/C15H11BrN2O3/c16-11-5-3-4-10(8-11)9-21-14-13(15(19)20)18-7-2-1-6-12(18)17-14/h1-8H,9H2,(H,19,20). The van der Waals surface area contributed by atoms with Crippen molar-refractivity contribution in [3.05, 3.63) is 64.4 Å². The fourth-order valence-corrected chi connectivity index (χ4v) is 2.49. The van der Waals surface area contributed by atoms with Crippen molar-refractivity contribution >= 4 is 27.5 Å². The molecule has 1 N–H and O–H groups in total.